The third kappa shape index (κ3) is 3.66. The van der Waals surface area contributed by atoms with Crippen molar-refractivity contribution in [3.8, 4) is 12.3 Å². The normalized spacial score (nSPS) is 12.6. The van der Waals surface area contributed by atoms with Crippen molar-refractivity contribution in [2.45, 2.75) is 19.6 Å². The number of hydrogen-bond donors (Lipinski definition) is 1. The third-order valence-electron chi connectivity index (χ3n) is 0.783. The van der Waals surface area contributed by atoms with Crippen molar-refractivity contribution in [2.75, 3.05) is 6.61 Å². The molecule has 0 aliphatic carbocycles. The van der Waals surface area contributed by atoms with Gasteiger partial charge in [0, 0.05) is 0 Å². The molecule has 2 heteroatoms. The fourth-order valence-electron chi connectivity index (χ4n) is 0.273. The standard InChI is InChI=1S/C6H11NO/c1-3-5-8-6(7)4-2/h1,6H,4-5,7H2,2H3. The van der Waals surface area contributed by atoms with Crippen LogP contribution in [-0.4, -0.2) is 12.8 Å². The SMILES string of the molecule is C#CCOC(N)CC. The van der Waals surface area contributed by atoms with Crippen LogP contribution in [0.5, 0.6) is 0 Å². The van der Waals surface area contributed by atoms with E-state index >= 15 is 0 Å². The molecule has 1 unspecified atom stereocenters. The average molecular weight is 113 g/mol. The molecule has 0 aromatic heterocycles. The van der Waals surface area contributed by atoms with Gasteiger partial charge in [0.15, 0.2) is 0 Å². The minimum absolute atomic E-state index is 0.189. The number of nitrogens with two attached hydrogens (primary N) is 1. The van der Waals surface area contributed by atoms with Gasteiger partial charge in [0.1, 0.15) is 12.8 Å². The van der Waals surface area contributed by atoms with Crippen LogP contribution in [0.15, 0.2) is 0 Å². The van der Waals surface area contributed by atoms with Gasteiger partial charge in [0.25, 0.3) is 0 Å². The molecule has 0 bridgehead atoms. The molecular formula is C6H11NO. The Bertz CT molecular complexity index is 85.0. The number of terminal acetylenes is 1. The van der Waals surface area contributed by atoms with Crippen LogP contribution >= 0.6 is 0 Å². The summed E-state index contributed by atoms with van der Waals surface area (Å²) in [5, 5.41) is 0. The maximum absolute atomic E-state index is 5.34. The van der Waals surface area contributed by atoms with Crippen molar-refractivity contribution in [3.63, 3.8) is 0 Å². The lowest BCUT2D eigenvalue weighted by Crippen LogP contribution is -2.22. The van der Waals surface area contributed by atoms with Gasteiger partial charge < -0.3 is 10.5 Å². The van der Waals surface area contributed by atoms with Crippen LogP contribution in [-0.2, 0) is 4.74 Å². The molecule has 1 atom stereocenters. The molecule has 0 amide bonds. The zero-order chi connectivity index (χ0) is 6.41. The van der Waals surface area contributed by atoms with E-state index in [-0.39, 0.29) is 6.23 Å². The minimum Gasteiger partial charge on any atom is -0.351 e. The monoisotopic (exact) mass is 113 g/mol. The van der Waals surface area contributed by atoms with Crippen molar-refractivity contribution < 1.29 is 4.74 Å². The summed E-state index contributed by atoms with van der Waals surface area (Å²) in [5.41, 5.74) is 5.34. The molecule has 0 aliphatic rings. The molecule has 0 radical (unpaired) electrons. The highest BCUT2D eigenvalue weighted by atomic mass is 16.5. The van der Waals surface area contributed by atoms with Crippen molar-refractivity contribution in [1.29, 1.82) is 0 Å². The summed E-state index contributed by atoms with van der Waals surface area (Å²) in [6, 6.07) is 0. The Kier molecular flexibility index (Phi) is 4.33. The average Bonchev–Trinajstić information content (AvgIpc) is 1.83. The van der Waals surface area contributed by atoms with Crippen molar-refractivity contribution in [2.24, 2.45) is 5.73 Å². The molecule has 0 aromatic carbocycles. The van der Waals surface area contributed by atoms with Crippen molar-refractivity contribution in [3.05, 3.63) is 0 Å². The van der Waals surface area contributed by atoms with Crippen LogP contribution in [0.2, 0.25) is 0 Å². The summed E-state index contributed by atoms with van der Waals surface area (Å²) in [6.07, 6.45) is 5.52. The largest absolute Gasteiger partial charge is 0.351 e. The molecule has 0 fully saturated rings. The van der Waals surface area contributed by atoms with Gasteiger partial charge in [0.05, 0.1) is 0 Å². The summed E-state index contributed by atoms with van der Waals surface area (Å²) >= 11 is 0. The number of hydrogen-bond acceptors (Lipinski definition) is 2. The minimum atomic E-state index is -0.189. The predicted octanol–water partition coefficient (Wildman–Crippen LogP) is 0.331. The van der Waals surface area contributed by atoms with Gasteiger partial charge >= 0.3 is 0 Å². The second-order valence-corrected chi connectivity index (χ2v) is 1.46. The highest BCUT2D eigenvalue weighted by molar-refractivity contribution is 4.83. The predicted molar refractivity (Wildman–Crippen MR) is 33.1 cm³/mol. The fraction of sp³-hybridized carbons (Fsp3) is 0.667. The molecule has 0 aromatic rings. The lowest BCUT2D eigenvalue weighted by Gasteiger charge is -2.05. The summed E-state index contributed by atoms with van der Waals surface area (Å²) in [6.45, 7) is 2.26. The summed E-state index contributed by atoms with van der Waals surface area (Å²) in [5.74, 6) is 2.33. The van der Waals surface area contributed by atoms with Crippen LogP contribution < -0.4 is 5.73 Å². The van der Waals surface area contributed by atoms with Crippen LogP contribution in [0.1, 0.15) is 13.3 Å². The van der Waals surface area contributed by atoms with Crippen LogP contribution in [0, 0.1) is 12.3 Å². The summed E-state index contributed by atoms with van der Waals surface area (Å²) in [7, 11) is 0. The highest BCUT2D eigenvalue weighted by Gasteiger charge is 1.93. The zero-order valence-corrected chi connectivity index (χ0v) is 5.05. The third-order valence-corrected chi connectivity index (χ3v) is 0.783. The molecule has 8 heavy (non-hydrogen) atoms. The molecule has 0 saturated carbocycles. The van der Waals surface area contributed by atoms with Gasteiger partial charge in [-0.05, 0) is 6.42 Å². The molecule has 46 valence electrons. The second kappa shape index (κ2) is 4.63. The maximum atomic E-state index is 5.34. The van der Waals surface area contributed by atoms with E-state index in [4.69, 9.17) is 16.9 Å². The molecule has 2 nitrogen and oxygen atoms in total. The Morgan fingerprint density at radius 2 is 2.50 bits per heavy atom. The lowest BCUT2D eigenvalue weighted by atomic mass is 10.4. The second-order valence-electron chi connectivity index (χ2n) is 1.46. The maximum Gasteiger partial charge on any atom is 0.109 e. The highest BCUT2D eigenvalue weighted by Crippen LogP contribution is 1.85. The van der Waals surface area contributed by atoms with Gasteiger partial charge in [-0.15, -0.1) is 6.42 Å². The Hall–Kier alpha value is -0.520. The van der Waals surface area contributed by atoms with E-state index in [1.807, 2.05) is 6.92 Å². The molecule has 0 spiro atoms. The topological polar surface area (TPSA) is 35.2 Å². The first kappa shape index (κ1) is 7.48. The van der Waals surface area contributed by atoms with Crippen molar-refractivity contribution >= 4 is 0 Å². The Morgan fingerprint density at radius 1 is 1.88 bits per heavy atom. The van der Waals surface area contributed by atoms with E-state index in [9.17, 15) is 0 Å². The Balaban J connectivity index is 3.01. The molecule has 0 saturated heterocycles. The van der Waals surface area contributed by atoms with Crippen LogP contribution in [0.25, 0.3) is 0 Å². The van der Waals surface area contributed by atoms with E-state index < -0.39 is 0 Å². The summed E-state index contributed by atoms with van der Waals surface area (Å²) < 4.78 is 4.88. The van der Waals surface area contributed by atoms with Gasteiger partial charge in [-0.3, -0.25) is 0 Å². The molecule has 0 heterocycles. The fourth-order valence-corrected chi connectivity index (χ4v) is 0.273. The quantitative estimate of drug-likeness (QED) is 0.423. The molecule has 2 N–H and O–H groups in total. The first-order valence-electron chi connectivity index (χ1n) is 2.62. The Morgan fingerprint density at radius 3 is 2.88 bits per heavy atom. The van der Waals surface area contributed by atoms with Crippen LogP contribution in [0.4, 0.5) is 0 Å². The molecule has 0 aliphatic heterocycles. The Labute approximate surface area is 50.0 Å². The van der Waals surface area contributed by atoms with Gasteiger partial charge in [-0.2, -0.15) is 0 Å². The zero-order valence-electron chi connectivity index (χ0n) is 5.05. The van der Waals surface area contributed by atoms with E-state index in [0.29, 0.717) is 6.61 Å². The number of ether oxygens (including phenoxy) is 1. The molecular weight excluding hydrogens is 102 g/mol. The lowest BCUT2D eigenvalue weighted by molar-refractivity contribution is 0.0804. The molecule has 0 rings (SSSR count). The van der Waals surface area contributed by atoms with Gasteiger partial charge in [-0.25, -0.2) is 0 Å². The van der Waals surface area contributed by atoms with E-state index in [1.165, 1.54) is 0 Å². The number of rotatable bonds is 3. The first-order valence-corrected chi connectivity index (χ1v) is 2.62. The first-order chi connectivity index (χ1) is 3.81. The van der Waals surface area contributed by atoms with E-state index in [0.717, 1.165) is 6.42 Å². The van der Waals surface area contributed by atoms with Crippen molar-refractivity contribution in [1.82, 2.24) is 0 Å². The summed E-state index contributed by atoms with van der Waals surface area (Å²) in [4.78, 5) is 0. The van der Waals surface area contributed by atoms with Crippen LogP contribution in [0.3, 0.4) is 0 Å². The smallest absolute Gasteiger partial charge is 0.109 e. The van der Waals surface area contributed by atoms with Gasteiger partial charge in [0.2, 0.25) is 0 Å². The van der Waals surface area contributed by atoms with E-state index in [1.54, 1.807) is 0 Å². The van der Waals surface area contributed by atoms with Gasteiger partial charge in [-0.1, -0.05) is 12.8 Å². The van der Waals surface area contributed by atoms with E-state index in [2.05, 4.69) is 5.92 Å².